The fourth-order valence-corrected chi connectivity index (χ4v) is 1.23. The second kappa shape index (κ2) is 5.12. The van der Waals surface area contributed by atoms with Crippen LogP contribution < -0.4 is 0 Å². The van der Waals surface area contributed by atoms with Gasteiger partial charge in [0.2, 0.25) is 0 Å². The first-order valence-electron chi connectivity index (χ1n) is 5.49. The average Bonchev–Trinajstić information content (AvgIpc) is 2.47. The molecule has 0 atom stereocenters. The lowest BCUT2D eigenvalue weighted by molar-refractivity contribution is -0.152. The van der Waals surface area contributed by atoms with Crippen molar-refractivity contribution in [2.75, 3.05) is 13.2 Å². The summed E-state index contributed by atoms with van der Waals surface area (Å²) in [6, 6.07) is 0. The zero-order valence-electron chi connectivity index (χ0n) is 10.4. The minimum Gasteiger partial charge on any atom is -0.464 e. The van der Waals surface area contributed by atoms with Crippen LogP contribution in [0, 0.1) is 5.41 Å². The Balaban J connectivity index is 2.31. The highest BCUT2D eigenvalue weighted by Crippen LogP contribution is 2.17. The molecule has 0 aromatic rings. The van der Waals surface area contributed by atoms with Crippen LogP contribution in [0.1, 0.15) is 27.2 Å². The molecule has 0 spiro atoms. The predicted molar refractivity (Wildman–Crippen MR) is 60.9 cm³/mol. The zero-order chi connectivity index (χ0) is 13.1. The van der Waals surface area contributed by atoms with E-state index in [1.54, 1.807) is 0 Å². The molecular formula is C12H17NO4. The van der Waals surface area contributed by atoms with Crippen LogP contribution in [0.25, 0.3) is 0 Å². The fourth-order valence-electron chi connectivity index (χ4n) is 1.23. The van der Waals surface area contributed by atoms with Gasteiger partial charge in [0, 0.05) is 12.2 Å². The number of imide groups is 1. The van der Waals surface area contributed by atoms with Crippen molar-refractivity contribution in [1.29, 1.82) is 0 Å². The first-order chi connectivity index (χ1) is 7.79. The number of esters is 1. The van der Waals surface area contributed by atoms with Gasteiger partial charge in [-0.1, -0.05) is 20.8 Å². The van der Waals surface area contributed by atoms with Gasteiger partial charge in [0.25, 0.3) is 11.8 Å². The van der Waals surface area contributed by atoms with Crippen molar-refractivity contribution in [2.45, 2.75) is 27.2 Å². The summed E-state index contributed by atoms with van der Waals surface area (Å²) in [5.41, 5.74) is 0.0844. The molecule has 0 bridgehead atoms. The molecule has 1 aliphatic rings. The molecule has 5 heteroatoms. The summed E-state index contributed by atoms with van der Waals surface area (Å²) in [6.07, 6.45) is 3.02. The Labute approximate surface area is 100 Å². The van der Waals surface area contributed by atoms with E-state index < -0.39 is 17.8 Å². The monoisotopic (exact) mass is 239 g/mol. The quantitative estimate of drug-likeness (QED) is 0.540. The molecule has 0 saturated heterocycles. The topological polar surface area (TPSA) is 63.7 Å². The van der Waals surface area contributed by atoms with Gasteiger partial charge in [-0.2, -0.15) is 0 Å². The van der Waals surface area contributed by atoms with E-state index in [0.717, 1.165) is 23.5 Å². The number of carbonyl (C=O) groups excluding carboxylic acids is 3. The van der Waals surface area contributed by atoms with Crippen molar-refractivity contribution >= 4 is 17.8 Å². The summed E-state index contributed by atoms with van der Waals surface area (Å²) in [7, 11) is 0. The Kier molecular flexibility index (Phi) is 4.04. The minimum absolute atomic E-state index is 0.0844. The molecule has 94 valence electrons. The van der Waals surface area contributed by atoms with Gasteiger partial charge in [-0.05, 0) is 11.8 Å². The summed E-state index contributed by atoms with van der Waals surface area (Å²) in [5, 5.41) is 0. The molecule has 1 heterocycles. The van der Waals surface area contributed by atoms with Crippen LogP contribution in [-0.2, 0) is 19.1 Å². The van der Waals surface area contributed by atoms with Crippen LogP contribution in [0.15, 0.2) is 12.2 Å². The number of carbonyl (C=O) groups is 3. The van der Waals surface area contributed by atoms with E-state index in [1.807, 2.05) is 20.8 Å². The number of rotatable bonds is 4. The Hall–Kier alpha value is -1.65. The van der Waals surface area contributed by atoms with E-state index in [4.69, 9.17) is 4.74 Å². The Morgan fingerprint density at radius 2 is 1.76 bits per heavy atom. The molecule has 5 nitrogen and oxygen atoms in total. The molecule has 1 rings (SSSR count). The van der Waals surface area contributed by atoms with Crippen LogP contribution >= 0.6 is 0 Å². The molecule has 2 amide bonds. The molecule has 0 fully saturated rings. The molecule has 0 radical (unpaired) electrons. The van der Waals surface area contributed by atoms with Crippen molar-refractivity contribution < 1.29 is 19.1 Å². The standard InChI is InChI=1S/C12H17NO4/c1-12(2,3)6-7-17-11(16)8-13-9(14)4-5-10(13)15/h4-5H,6-8H2,1-3H3. The highest BCUT2D eigenvalue weighted by atomic mass is 16.5. The molecule has 17 heavy (non-hydrogen) atoms. The summed E-state index contributed by atoms with van der Waals surface area (Å²) < 4.78 is 4.96. The maximum atomic E-state index is 11.4. The maximum absolute atomic E-state index is 11.4. The average molecular weight is 239 g/mol. The Bertz CT molecular complexity index is 347. The van der Waals surface area contributed by atoms with Gasteiger partial charge >= 0.3 is 5.97 Å². The van der Waals surface area contributed by atoms with Gasteiger partial charge in [0.1, 0.15) is 6.54 Å². The van der Waals surface area contributed by atoms with E-state index in [9.17, 15) is 14.4 Å². The summed E-state index contributed by atoms with van der Waals surface area (Å²) in [6.45, 7) is 6.11. The van der Waals surface area contributed by atoms with Gasteiger partial charge in [-0.3, -0.25) is 19.3 Å². The van der Waals surface area contributed by atoms with Crippen LogP contribution in [0.5, 0.6) is 0 Å². The molecule has 0 unspecified atom stereocenters. The molecule has 0 aromatic heterocycles. The number of nitrogens with zero attached hydrogens (tertiary/aromatic N) is 1. The third-order valence-corrected chi connectivity index (χ3v) is 2.30. The van der Waals surface area contributed by atoms with Crippen molar-refractivity contribution in [3.8, 4) is 0 Å². The second-order valence-electron chi connectivity index (χ2n) is 5.13. The van der Waals surface area contributed by atoms with E-state index in [1.165, 1.54) is 0 Å². The first kappa shape index (κ1) is 13.4. The third-order valence-electron chi connectivity index (χ3n) is 2.30. The molecular weight excluding hydrogens is 222 g/mol. The lowest BCUT2D eigenvalue weighted by Crippen LogP contribution is -2.36. The highest BCUT2D eigenvalue weighted by Gasteiger charge is 2.26. The fraction of sp³-hybridized carbons (Fsp3) is 0.583. The van der Waals surface area contributed by atoms with Crippen molar-refractivity contribution in [3.05, 3.63) is 12.2 Å². The van der Waals surface area contributed by atoms with Crippen LogP contribution in [0.4, 0.5) is 0 Å². The highest BCUT2D eigenvalue weighted by molar-refractivity contribution is 6.14. The van der Waals surface area contributed by atoms with Crippen molar-refractivity contribution in [2.24, 2.45) is 5.41 Å². The van der Waals surface area contributed by atoms with E-state index in [0.29, 0.717) is 6.61 Å². The van der Waals surface area contributed by atoms with Crippen molar-refractivity contribution in [1.82, 2.24) is 4.90 Å². The normalized spacial score (nSPS) is 15.6. The summed E-state index contributed by atoms with van der Waals surface area (Å²) in [4.78, 5) is 34.6. The largest absolute Gasteiger partial charge is 0.464 e. The van der Waals surface area contributed by atoms with Gasteiger partial charge in [0.05, 0.1) is 6.61 Å². The van der Waals surface area contributed by atoms with E-state index >= 15 is 0 Å². The number of amides is 2. The molecule has 1 aliphatic heterocycles. The van der Waals surface area contributed by atoms with E-state index in [-0.39, 0.29) is 12.0 Å². The molecule has 0 saturated carbocycles. The SMILES string of the molecule is CC(C)(C)CCOC(=O)CN1C(=O)C=CC1=O. The molecule has 0 aromatic carbocycles. The molecule has 0 N–H and O–H groups in total. The Morgan fingerprint density at radius 3 is 2.24 bits per heavy atom. The lowest BCUT2D eigenvalue weighted by Gasteiger charge is -2.18. The maximum Gasteiger partial charge on any atom is 0.326 e. The van der Waals surface area contributed by atoms with Crippen LogP contribution in [-0.4, -0.2) is 35.8 Å². The summed E-state index contributed by atoms with van der Waals surface area (Å²) >= 11 is 0. The third kappa shape index (κ3) is 4.38. The van der Waals surface area contributed by atoms with E-state index in [2.05, 4.69) is 0 Å². The van der Waals surface area contributed by atoms with Crippen molar-refractivity contribution in [3.63, 3.8) is 0 Å². The first-order valence-corrected chi connectivity index (χ1v) is 5.49. The van der Waals surface area contributed by atoms with Gasteiger partial charge in [-0.25, -0.2) is 0 Å². The van der Waals surface area contributed by atoms with Gasteiger partial charge in [0.15, 0.2) is 0 Å². The number of hydrogen-bond acceptors (Lipinski definition) is 4. The number of hydrogen-bond donors (Lipinski definition) is 0. The van der Waals surface area contributed by atoms with Crippen LogP contribution in [0.2, 0.25) is 0 Å². The summed E-state index contributed by atoms with van der Waals surface area (Å²) in [5.74, 6) is -1.50. The predicted octanol–water partition coefficient (Wildman–Crippen LogP) is 0.891. The smallest absolute Gasteiger partial charge is 0.326 e. The van der Waals surface area contributed by atoms with Gasteiger partial charge in [-0.15, -0.1) is 0 Å². The second-order valence-corrected chi connectivity index (χ2v) is 5.13. The Morgan fingerprint density at radius 1 is 1.24 bits per heavy atom. The number of ether oxygens (including phenoxy) is 1. The van der Waals surface area contributed by atoms with Crippen LogP contribution in [0.3, 0.4) is 0 Å². The zero-order valence-corrected chi connectivity index (χ0v) is 10.4. The lowest BCUT2D eigenvalue weighted by atomic mass is 9.93. The minimum atomic E-state index is -0.556. The molecule has 0 aliphatic carbocycles. The van der Waals surface area contributed by atoms with Gasteiger partial charge < -0.3 is 4.74 Å².